The minimum absolute atomic E-state index is 0.183. The van der Waals surface area contributed by atoms with Crippen molar-refractivity contribution in [2.24, 2.45) is 0 Å². The van der Waals surface area contributed by atoms with Gasteiger partial charge in [-0.3, -0.25) is 9.36 Å². The molecule has 0 saturated carbocycles. The summed E-state index contributed by atoms with van der Waals surface area (Å²) in [5.74, 6) is 0. The maximum atomic E-state index is 12.8. The quantitative estimate of drug-likeness (QED) is 0.681. The van der Waals surface area contributed by atoms with Crippen LogP contribution in [0.3, 0.4) is 0 Å². The third-order valence-electron chi connectivity index (χ3n) is 3.47. The van der Waals surface area contributed by atoms with E-state index in [1.165, 1.54) is 22.8 Å². The molecule has 0 spiro atoms. The summed E-state index contributed by atoms with van der Waals surface area (Å²) >= 11 is 0. The van der Waals surface area contributed by atoms with Gasteiger partial charge >= 0.3 is 6.18 Å². The Balaban J connectivity index is 2.12. The van der Waals surface area contributed by atoms with Crippen molar-refractivity contribution in [3.05, 3.63) is 88.8 Å². The molecule has 0 saturated heterocycles. The van der Waals surface area contributed by atoms with E-state index in [4.69, 9.17) is 0 Å². The Kier molecular flexibility index (Phi) is 3.78. The number of hydrogen-bond acceptors (Lipinski definition) is 1. The lowest BCUT2D eigenvalue weighted by atomic mass is 10.1. The molecule has 5 heteroatoms. The zero-order valence-corrected chi connectivity index (χ0v) is 11.9. The highest BCUT2D eigenvalue weighted by Crippen LogP contribution is 2.30. The molecule has 3 rings (SSSR count). The third kappa shape index (κ3) is 3.18. The van der Waals surface area contributed by atoms with E-state index in [2.05, 4.69) is 0 Å². The Labute approximate surface area is 130 Å². The van der Waals surface area contributed by atoms with Crippen molar-refractivity contribution in [3.63, 3.8) is 0 Å². The number of halogens is 3. The van der Waals surface area contributed by atoms with Gasteiger partial charge in [-0.05, 0) is 35.4 Å². The van der Waals surface area contributed by atoms with Crippen LogP contribution in [0.1, 0.15) is 5.56 Å². The van der Waals surface area contributed by atoms with Crippen LogP contribution < -0.4 is 5.56 Å². The first-order valence-corrected chi connectivity index (χ1v) is 6.91. The van der Waals surface area contributed by atoms with Crippen molar-refractivity contribution in [2.45, 2.75) is 6.18 Å². The molecular formula is C18H12F3NO. The van der Waals surface area contributed by atoms with Gasteiger partial charge in [0.2, 0.25) is 0 Å². The van der Waals surface area contributed by atoms with E-state index >= 15 is 0 Å². The maximum Gasteiger partial charge on any atom is 0.416 e. The zero-order chi connectivity index (χ0) is 16.4. The zero-order valence-electron chi connectivity index (χ0n) is 11.9. The van der Waals surface area contributed by atoms with E-state index in [0.29, 0.717) is 0 Å². The number of pyridine rings is 1. The topological polar surface area (TPSA) is 22.0 Å². The van der Waals surface area contributed by atoms with E-state index in [-0.39, 0.29) is 11.2 Å². The number of aromatic nitrogens is 1. The van der Waals surface area contributed by atoms with Gasteiger partial charge in [-0.1, -0.05) is 36.4 Å². The first-order chi connectivity index (χ1) is 10.9. The summed E-state index contributed by atoms with van der Waals surface area (Å²) in [4.78, 5) is 12.0. The first kappa shape index (κ1) is 15.1. The molecule has 2 aromatic carbocycles. The minimum Gasteiger partial charge on any atom is -0.284 e. The Morgan fingerprint density at radius 1 is 0.783 bits per heavy atom. The number of hydrogen-bond donors (Lipinski definition) is 0. The van der Waals surface area contributed by atoms with Crippen LogP contribution in [-0.4, -0.2) is 4.57 Å². The molecule has 0 amide bonds. The van der Waals surface area contributed by atoms with Gasteiger partial charge in [-0.2, -0.15) is 13.2 Å². The van der Waals surface area contributed by atoms with E-state index in [0.717, 1.165) is 23.3 Å². The highest BCUT2D eigenvalue weighted by Gasteiger charge is 2.30. The summed E-state index contributed by atoms with van der Waals surface area (Å²) in [6, 6.07) is 17.0. The van der Waals surface area contributed by atoms with Gasteiger partial charge in [0.25, 0.3) is 5.56 Å². The summed E-state index contributed by atoms with van der Waals surface area (Å²) in [5.41, 5.74) is 0.648. The lowest BCUT2D eigenvalue weighted by Crippen LogP contribution is -2.17. The molecule has 0 aliphatic rings. The molecule has 0 aliphatic carbocycles. The van der Waals surface area contributed by atoms with E-state index in [1.807, 2.05) is 30.3 Å². The van der Waals surface area contributed by atoms with E-state index in [1.54, 1.807) is 12.3 Å². The first-order valence-electron chi connectivity index (χ1n) is 6.91. The van der Waals surface area contributed by atoms with Crippen molar-refractivity contribution in [1.82, 2.24) is 4.57 Å². The number of nitrogens with zero attached hydrogens (tertiary/aromatic N) is 1. The number of alkyl halides is 3. The van der Waals surface area contributed by atoms with Gasteiger partial charge in [0.05, 0.1) is 5.56 Å². The van der Waals surface area contributed by atoms with Crippen LogP contribution in [0.25, 0.3) is 16.8 Å². The molecule has 1 aromatic heterocycles. The fraction of sp³-hybridized carbons (Fsp3) is 0.0556. The Hall–Kier alpha value is -2.82. The largest absolute Gasteiger partial charge is 0.416 e. The fourth-order valence-electron chi connectivity index (χ4n) is 2.32. The lowest BCUT2D eigenvalue weighted by Gasteiger charge is -2.11. The minimum atomic E-state index is -4.45. The molecule has 0 N–H and O–H groups in total. The lowest BCUT2D eigenvalue weighted by molar-refractivity contribution is -0.137. The predicted octanol–water partition coefficient (Wildman–Crippen LogP) is 4.52. The fourth-order valence-corrected chi connectivity index (χ4v) is 2.32. The van der Waals surface area contributed by atoms with Crippen LogP contribution in [0, 0.1) is 0 Å². The normalized spacial score (nSPS) is 11.4. The highest BCUT2D eigenvalue weighted by atomic mass is 19.4. The van der Waals surface area contributed by atoms with Crippen LogP contribution in [0.15, 0.2) is 77.7 Å². The molecule has 2 nitrogen and oxygen atoms in total. The van der Waals surface area contributed by atoms with Gasteiger partial charge in [0.15, 0.2) is 0 Å². The molecule has 116 valence electrons. The van der Waals surface area contributed by atoms with Gasteiger partial charge in [-0.15, -0.1) is 0 Å². The highest BCUT2D eigenvalue weighted by molar-refractivity contribution is 5.62. The van der Waals surface area contributed by atoms with Crippen LogP contribution >= 0.6 is 0 Å². The Morgan fingerprint density at radius 2 is 1.52 bits per heavy atom. The Morgan fingerprint density at radius 3 is 2.22 bits per heavy atom. The second-order valence-corrected chi connectivity index (χ2v) is 5.04. The summed E-state index contributed by atoms with van der Waals surface area (Å²) in [6.07, 6.45) is -2.90. The van der Waals surface area contributed by atoms with Crippen LogP contribution in [-0.2, 0) is 6.18 Å². The SMILES string of the molecule is O=c1ccc(-c2ccccc2)cn1-c1cccc(C(F)(F)F)c1. The second kappa shape index (κ2) is 5.76. The van der Waals surface area contributed by atoms with Gasteiger partial charge < -0.3 is 0 Å². The molecule has 3 aromatic rings. The molecule has 0 aliphatic heterocycles. The van der Waals surface area contributed by atoms with Crippen LogP contribution in [0.5, 0.6) is 0 Å². The molecule has 1 heterocycles. The van der Waals surface area contributed by atoms with Crippen molar-refractivity contribution in [3.8, 4) is 16.8 Å². The van der Waals surface area contributed by atoms with Crippen LogP contribution in [0.4, 0.5) is 13.2 Å². The van der Waals surface area contributed by atoms with Crippen molar-refractivity contribution in [1.29, 1.82) is 0 Å². The monoisotopic (exact) mass is 315 g/mol. The molecular weight excluding hydrogens is 303 g/mol. The molecule has 0 atom stereocenters. The van der Waals surface area contributed by atoms with E-state index in [9.17, 15) is 18.0 Å². The van der Waals surface area contributed by atoms with Gasteiger partial charge in [-0.25, -0.2) is 0 Å². The van der Waals surface area contributed by atoms with E-state index < -0.39 is 11.7 Å². The van der Waals surface area contributed by atoms with Crippen LogP contribution in [0.2, 0.25) is 0 Å². The molecule has 0 bridgehead atoms. The molecule has 0 radical (unpaired) electrons. The average Bonchev–Trinajstić information content (AvgIpc) is 2.55. The standard InChI is InChI=1S/C18H12F3NO/c19-18(20,21)15-7-4-8-16(11-15)22-12-14(9-10-17(22)23)13-5-2-1-3-6-13/h1-12H. The molecule has 0 fully saturated rings. The van der Waals surface area contributed by atoms with Gasteiger partial charge in [0, 0.05) is 18.0 Å². The summed E-state index contributed by atoms with van der Waals surface area (Å²) in [7, 11) is 0. The van der Waals surface area contributed by atoms with Crippen molar-refractivity contribution < 1.29 is 13.2 Å². The smallest absolute Gasteiger partial charge is 0.284 e. The maximum absolute atomic E-state index is 12.8. The Bertz CT molecular complexity index is 883. The molecule has 23 heavy (non-hydrogen) atoms. The predicted molar refractivity (Wildman–Crippen MR) is 82.5 cm³/mol. The van der Waals surface area contributed by atoms with Crippen molar-refractivity contribution in [2.75, 3.05) is 0 Å². The number of rotatable bonds is 2. The van der Waals surface area contributed by atoms with Gasteiger partial charge in [0.1, 0.15) is 0 Å². The number of benzene rings is 2. The average molecular weight is 315 g/mol. The van der Waals surface area contributed by atoms with Crippen molar-refractivity contribution >= 4 is 0 Å². The third-order valence-corrected chi connectivity index (χ3v) is 3.47. The summed E-state index contributed by atoms with van der Waals surface area (Å²) in [6.45, 7) is 0. The summed E-state index contributed by atoms with van der Waals surface area (Å²) in [5, 5.41) is 0. The molecule has 0 unspecified atom stereocenters. The summed E-state index contributed by atoms with van der Waals surface area (Å²) < 4.78 is 39.7. The second-order valence-electron chi connectivity index (χ2n) is 5.04.